The van der Waals surface area contributed by atoms with E-state index in [1.54, 1.807) is 6.07 Å². The van der Waals surface area contributed by atoms with Gasteiger partial charge in [-0.05, 0) is 31.7 Å². The Bertz CT molecular complexity index is 608. The number of alkyl halides is 1. The molecule has 22 heavy (non-hydrogen) atoms. The molecular formula is C15H17ClN2O4. The van der Waals surface area contributed by atoms with Gasteiger partial charge in [0.2, 0.25) is 0 Å². The summed E-state index contributed by atoms with van der Waals surface area (Å²) in [4.78, 5) is 10.9. The molecule has 1 fully saturated rings. The number of nitriles is 1. The van der Waals surface area contributed by atoms with E-state index in [4.69, 9.17) is 21.1 Å². The summed E-state index contributed by atoms with van der Waals surface area (Å²) < 4.78 is 10.8. The highest BCUT2D eigenvalue weighted by atomic mass is 35.5. The van der Waals surface area contributed by atoms with Crippen LogP contribution >= 0.6 is 11.6 Å². The van der Waals surface area contributed by atoms with Crippen LogP contribution in [0.25, 0.3) is 0 Å². The number of hydrogen-bond acceptors (Lipinski definition) is 5. The van der Waals surface area contributed by atoms with E-state index in [0.717, 1.165) is 6.42 Å². The maximum absolute atomic E-state index is 11.4. The van der Waals surface area contributed by atoms with Gasteiger partial charge in [-0.25, -0.2) is 0 Å². The average molecular weight is 325 g/mol. The molecule has 0 aliphatic heterocycles. The van der Waals surface area contributed by atoms with Crippen molar-refractivity contribution in [2.45, 2.75) is 31.1 Å². The second kappa shape index (κ2) is 6.84. The SMILES string of the molecule is COc1cc(C2(C#N)CCC2)c([N+](=O)[O-])cc1OCCCCl. The van der Waals surface area contributed by atoms with Crippen molar-refractivity contribution in [3.05, 3.63) is 27.8 Å². The van der Waals surface area contributed by atoms with Gasteiger partial charge in [-0.15, -0.1) is 11.6 Å². The molecular weight excluding hydrogens is 308 g/mol. The second-order valence-corrected chi connectivity index (χ2v) is 5.59. The molecule has 0 unspecified atom stereocenters. The molecule has 0 amide bonds. The van der Waals surface area contributed by atoms with E-state index in [0.29, 0.717) is 48.8 Å². The first-order valence-electron chi connectivity index (χ1n) is 7.05. The topological polar surface area (TPSA) is 85.4 Å². The third kappa shape index (κ3) is 2.95. The first-order valence-corrected chi connectivity index (χ1v) is 7.58. The van der Waals surface area contributed by atoms with E-state index in [1.807, 2.05) is 0 Å². The van der Waals surface area contributed by atoms with Crippen LogP contribution in [0.15, 0.2) is 12.1 Å². The van der Waals surface area contributed by atoms with Crippen molar-refractivity contribution in [3.8, 4) is 17.6 Å². The molecule has 1 saturated carbocycles. The molecule has 0 N–H and O–H groups in total. The summed E-state index contributed by atoms with van der Waals surface area (Å²) in [5, 5.41) is 20.8. The van der Waals surface area contributed by atoms with E-state index in [1.165, 1.54) is 13.2 Å². The first-order chi connectivity index (χ1) is 10.6. The van der Waals surface area contributed by atoms with Gasteiger partial charge in [0.05, 0.1) is 41.8 Å². The summed E-state index contributed by atoms with van der Waals surface area (Å²) in [6.45, 7) is 0.347. The molecule has 7 heteroatoms. The van der Waals surface area contributed by atoms with Gasteiger partial charge < -0.3 is 9.47 Å². The molecule has 1 aliphatic carbocycles. The zero-order valence-corrected chi connectivity index (χ0v) is 13.1. The summed E-state index contributed by atoms with van der Waals surface area (Å²) in [6.07, 6.45) is 2.77. The number of ether oxygens (including phenoxy) is 2. The van der Waals surface area contributed by atoms with Crippen LogP contribution in [-0.4, -0.2) is 24.5 Å². The number of nitro groups is 1. The number of halogens is 1. The Labute approximate surface area is 133 Å². The highest BCUT2D eigenvalue weighted by Crippen LogP contribution is 2.49. The standard InChI is InChI=1S/C15H17ClN2O4/c1-21-13-8-11(15(10-17)4-2-5-15)12(18(19)20)9-14(13)22-7-3-6-16/h8-9H,2-7H2,1H3. The third-order valence-corrected chi connectivity index (χ3v) is 4.22. The highest BCUT2D eigenvalue weighted by molar-refractivity contribution is 6.17. The minimum Gasteiger partial charge on any atom is -0.493 e. The molecule has 0 radical (unpaired) electrons. The van der Waals surface area contributed by atoms with Crippen LogP contribution in [-0.2, 0) is 5.41 Å². The van der Waals surface area contributed by atoms with Crippen molar-refractivity contribution >= 4 is 17.3 Å². The Hall–Kier alpha value is -2.00. The van der Waals surface area contributed by atoms with E-state index >= 15 is 0 Å². The minimum atomic E-state index is -0.787. The Morgan fingerprint density at radius 2 is 2.18 bits per heavy atom. The van der Waals surface area contributed by atoms with E-state index in [9.17, 15) is 15.4 Å². The zero-order valence-electron chi connectivity index (χ0n) is 12.3. The summed E-state index contributed by atoms with van der Waals surface area (Å²) in [7, 11) is 1.47. The predicted octanol–water partition coefficient (Wildman–Crippen LogP) is 3.56. The Morgan fingerprint density at radius 3 is 2.64 bits per heavy atom. The van der Waals surface area contributed by atoms with Crippen molar-refractivity contribution in [1.29, 1.82) is 5.26 Å². The molecule has 2 rings (SSSR count). The molecule has 6 nitrogen and oxygen atoms in total. The van der Waals surface area contributed by atoms with Crippen LogP contribution < -0.4 is 9.47 Å². The summed E-state index contributed by atoms with van der Waals surface area (Å²) in [5.74, 6) is 1.15. The van der Waals surface area contributed by atoms with Crippen LogP contribution in [0.1, 0.15) is 31.2 Å². The van der Waals surface area contributed by atoms with Crippen molar-refractivity contribution < 1.29 is 14.4 Å². The van der Waals surface area contributed by atoms with E-state index in [-0.39, 0.29) is 5.69 Å². The van der Waals surface area contributed by atoms with E-state index < -0.39 is 10.3 Å². The summed E-state index contributed by atoms with van der Waals surface area (Å²) >= 11 is 5.60. The van der Waals surface area contributed by atoms with Gasteiger partial charge in [0, 0.05) is 5.88 Å². The highest BCUT2D eigenvalue weighted by Gasteiger charge is 2.44. The lowest BCUT2D eigenvalue weighted by molar-refractivity contribution is -0.386. The van der Waals surface area contributed by atoms with Gasteiger partial charge in [0.15, 0.2) is 11.5 Å². The normalized spacial score (nSPS) is 15.5. The number of nitrogens with zero attached hydrogens (tertiary/aromatic N) is 2. The van der Waals surface area contributed by atoms with E-state index in [2.05, 4.69) is 6.07 Å². The van der Waals surface area contributed by atoms with Crippen LogP contribution in [0.2, 0.25) is 0 Å². The summed E-state index contributed by atoms with van der Waals surface area (Å²) in [5.41, 5.74) is -0.472. The van der Waals surface area contributed by atoms with Gasteiger partial charge in [0.1, 0.15) is 0 Å². The molecule has 0 saturated heterocycles. The largest absolute Gasteiger partial charge is 0.493 e. The summed E-state index contributed by atoms with van der Waals surface area (Å²) in [6, 6.07) is 5.14. The minimum absolute atomic E-state index is 0.0945. The van der Waals surface area contributed by atoms with Crippen molar-refractivity contribution in [2.24, 2.45) is 0 Å². The third-order valence-electron chi connectivity index (χ3n) is 3.95. The number of methoxy groups -OCH3 is 1. The fourth-order valence-corrected chi connectivity index (χ4v) is 2.67. The zero-order chi connectivity index (χ0) is 16.2. The molecule has 1 aromatic carbocycles. The van der Waals surface area contributed by atoms with Gasteiger partial charge in [-0.3, -0.25) is 10.1 Å². The molecule has 118 valence electrons. The van der Waals surface area contributed by atoms with Gasteiger partial charge in [-0.2, -0.15) is 5.26 Å². The lowest BCUT2D eigenvalue weighted by Crippen LogP contribution is -2.33. The van der Waals surface area contributed by atoms with Gasteiger partial charge in [0.25, 0.3) is 5.69 Å². The number of benzene rings is 1. The lowest BCUT2D eigenvalue weighted by Gasteiger charge is -2.35. The van der Waals surface area contributed by atoms with Crippen LogP contribution in [0.3, 0.4) is 0 Å². The van der Waals surface area contributed by atoms with Crippen LogP contribution in [0.5, 0.6) is 11.5 Å². The molecule has 0 bridgehead atoms. The predicted molar refractivity (Wildman–Crippen MR) is 81.6 cm³/mol. The molecule has 0 spiro atoms. The molecule has 0 heterocycles. The number of nitro benzene ring substituents is 1. The Kier molecular flexibility index (Phi) is 5.09. The van der Waals surface area contributed by atoms with Gasteiger partial charge in [-0.1, -0.05) is 0 Å². The van der Waals surface area contributed by atoms with Crippen molar-refractivity contribution in [1.82, 2.24) is 0 Å². The van der Waals surface area contributed by atoms with Crippen LogP contribution in [0.4, 0.5) is 5.69 Å². The Balaban J connectivity index is 2.46. The van der Waals surface area contributed by atoms with Crippen molar-refractivity contribution in [3.63, 3.8) is 0 Å². The van der Waals surface area contributed by atoms with Crippen molar-refractivity contribution in [2.75, 3.05) is 19.6 Å². The maximum Gasteiger partial charge on any atom is 0.278 e. The molecule has 0 atom stereocenters. The first kappa shape index (κ1) is 16.4. The monoisotopic (exact) mass is 324 g/mol. The van der Waals surface area contributed by atoms with Crippen LogP contribution in [0, 0.1) is 21.4 Å². The molecule has 1 aliphatic rings. The Morgan fingerprint density at radius 1 is 1.45 bits per heavy atom. The fraction of sp³-hybridized carbons (Fsp3) is 0.533. The lowest BCUT2D eigenvalue weighted by atomic mass is 9.65. The number of rotatable bonds is 7. The smallest absolute Gasteiger partial charge is 0.278 e. The molecule has 0 aromatic heterocycles. The number of hydrogen-bond donors (Lipinski definition) is 0. The quantitative estimate of drug-likeness (QED) is 0.331. The second-order valence-electron chi connectivity index (χ2n) is 5.22. The average Bonchev–Trinajstić information content (AvgIpc) is 2.47. The van der Waals surface area contributed by atoms with Gasteiger partial charge >= 0.3 is 0 Å². The maximum atomic E-state index is 11.4. The fourth-order valence-electron chi connectivity index (χ4n) is 2.56. The molecule has 1 aromatic rings.